The Hall–Kier alpha value is -2.18. The van der Waals surface area contributed by atoms with Gasteiger partial charge in [-0.15, -0.1) is 0 Å². The van der Waals surface area contributed by atoms with Crippen molar-refractivity contribution in [1.29, 1.82) is 0 Å². The lowest BCUT2D eigenvalue weighted by Gasteiger charge is -2.08. The third kappa shape index (κ3) is 2.75. The van der Waals surface area contributed by atoms with Gasteiger partial charge < -0.3 is 15.8 Å². The second-order valence-electron chi connectivity index (χ2n) is 4.89. The molecule has 5 nitrogen and oxygen atoms in total. The molecule has 6 heteroatoms. The summed E-state index contributed by atoms with van der Waals surface area (Å²) in [6.45, 7) is 3.90. The molecular weight excluding hydrogens is 296 g/mol. The highest BCUT2D eigenvalue weighted by atomic mass is 32.1. The van der Waals surface area contributed by atoms with Crippen LogP contribution in [0.2, 0.25) is 0 Å². The fourth-order valence-corrected chi connectivity index (χ4v) is 3.24. The summed E-state index contributed by atoms with van der Waals surface area (Å²) in [7, 11) is 1.59. The Kier molecular flexibility index (Phi) is 4.22. The maximum atomic E-state index is 5.87. The van der Waals surface area contributed by atoms with Gasteiger partial charge in [0.15, 0.2) is 5.13 Å². The first kappa shape index (κ1) is 14.7. The number of nitrogens with one attached hydrogen (secondary N) is 1. The van der Waals surface area contributed by atoms with Gasteiger partial charge in [0, 0.05) is 18.3 Å². The number of anilines is 1. The van der Waals surface area contributed by atoms with Gasteiger partial charge in [0.05, 0.1) is 11.8 Å². The molecule has 3 aromatic rings. The van der Waals surface area contributed by atoms with E-state index in [-0.39, 0.29) is 0 Å². The fourth-order valence-electron chi connectivity index (χ4n) is 2.38. The van der Waals surface area contributed by atoms with E-state index in [2.05, 4.69) is 46.5 Å². The van der Waals surface area contributed by atoms with Gasteiger partial charge >= 0.3 is 0 Å². The number of nitrogens with two attached hydrogens (primary N) is 1. The molecule has 0 unspecified atom stereocenters. The summed E-state index contributed by atoms with van der Waals surface area (Å²) in [6, 6.07) is 8.42. The molecule has 0 aliphatic carbocycles. The zero-order valence-electron chi connectivity index (χ0n) is 12.6. The molecule has 0 fully saturated rings. The SMILES string of the molecule is CCNCc1cccc(-c2cnc(OC)c3nc(N)sc23)c1. The molecule has 0 bridgehead atoms. The minimum absolute atomic E-state index is 0.510. The van der Waals surface area contributed by atoms with Crippen LogP contribution in [-0.2, 0) is 6.54 Å². The highest BCUT2D eigenvalue weighted by Gasteiger charge is 2.14. The Bertz CT molecular complexity index is 800. The first-order valence-electron chi connectivity index (χ1n) is 7.12. The number of nitrogen functional groups attached to an aromatic ring is 1. The van der Waals surface area contributed by atoms with Crippen LogP contribution < -0.4 is 15.8 Å². The quantitative estimate of drug-likeness (QED) is 0.757. The predicted octanol–water partition coefficient (Wildman–Crippen LogP) is 3.06. The highest BCUT2D eigenvalue weighted by molar-refractivity contribution is 7.22. The van der Waals surface area contributed by atoms with Crippen LogP contribution in [-0.4, -0.2) is 23.6 Å². The Morgan fingerprint density at radius 2 is 2.23 bits per heavy atom. The van der Waals surface area contributed by atoms with Gasteiger partial charge in [-0.3, -0.25) is 0 Å². The molecule has 3 N–H and O–H groups in total. The zero-order valence-corrected chi connectivity index (χ0v) is 13.4. The number of rotatable bonds is 5. The van der Waals surface area contributed by atoms with E-state index < -0.39 is 0 Å². The van der Waals surface area contributed by atoms with Crippen LogP contribution in [0.1, 0.15) is 12.5 Å². The summed E-state index contributed by atoms with van der Waals surface area (Å²) in [5, 5.41) is 3.86. The molecule has 2 aromatic heterocycles. The number of aromatic nitrogens is 2. The van der Waals surface area contributed by atoms with E-state index in [4.69, 9.17) is 10.5 Å². The lowest BCUT2D eigenvalue weighted by Crippen LogP contribution is -2.11. The van der Waals surface area contributed by atoms with Gasteiger partial charge in [0.25, 0.3) is 0 Å². The largest absolute Gasteiger partial charge is 0.479 e. The topological polar surface area (TPSA) is 73.1 Å². The third-order valence-corrected chi connectivity index (χ3v) is 4.33. The molecule has 0 radical (unpaired) electrons. The van der Waals surface area contributed by atoms with Crippen molar-refractivity contribution in [2.24, 2.45) is 0 Å². The second kappa shape index (κ2) is 6.29. The van der Waals surface area contributed by atoms with E-state index in [1.807, 2.05) is 6.20 Å². The van der Waals surface area contributed by atoms with Crippen LogP contribution in [0.5, 0.6) is 5.88 Å². The Morgan fingerprint density at radius 3 is 3.00 bits per heavy atom. The number of pyridine rings is 1. The van der Waals surface area contributed by atoms with E-state index in [1.165, 1.54) is 16.9 Å². The van der Waals surface area contributed by atoms with E-state index in [1.54, 1.807) is 7.11 Å². The summed E-state index contributed by atoms with van der Waals surface area (Å²) in [5.41, 5.74) is 9.97. The number of thiazole rings is 1. The molecule has 1 aromatic carbocycles. The van der Waals surface area contributed by atoms with E-state index in [0.29, 0.717) is 11.0 Å². The smallest absolute Gasteiger partial charge is 0.241 e. The molecular formula is C16H18N4OS. The zero-order chi connectivity index (χ0) is 15.5. The summed E-state index contributed by atoms with van der Waals surface area (Å²) in [6.07, 6.45) is 1.82. The van der Waals surface area contributed by atoms with E-state index >= 15 is 0 Å². The summed E-state index contributed by atoms with van der Waals surface area (Å²) in [5.74, 6) is 0.510. The average molecular weight is 314 g/mol. The molecule has 0 amide bonds. The van der Waals surface area contributed by atoms with Crippen molar-refractivity contribution in [3.63, 3.8) is 0 Å². The first-order valence-corrected chi connectivity index (χ1v) is 7.93. The molecule has 0 aliphatic heterocycles. The number of hydrogen-bond acceptors (Lipinski definition) is 6. The Labute approximate surface area is 133 Å². The Morgan fingerprint density at radius 1 is 1.36 bits per heavy atom. The minimum Gasteiger partial charge on any atom is -0.479 e. The van der Waals surface area contributed by atoms with E-state index in [0.717, 1.165) is 34.4 Å². The molecule has 22 heavy (non-hydrogen) atoms. The predicted molar refractivity (Wildman–Crippen MR) is 91.2 cm³/mol. The summed E-state index contributed by atoms with van der Waals surface area (Å²) >= 11 is 1.46. The van der Waals surface area contributed by atoms with Crippen molar-refractivity contribution >= 4 is 26.7 Å². The maximum absolute atomic E-state index is 5.87. The lowest BCUT2D eigenvalue weighted by molar-refractivity contribution is 0.402. The molecule has 3 rings (SSSR count). The molecule has 0 saturated carbocycles. The molecule has 114 valence electrons. The summed E-state index contributed by atoms with van der Waals surface area (Å²) in [4.78, 5) is 8.70. The van der Waals surface area contributed by atoms with Crippen molar-refractivity contribution in [1.82, 2.24) is 15.3 Å². The standard InChI is InChI=1S/C16H18N4OS/c1-3-18-8-10-5-4-6-11(7-10)12-9-19-15(21-2)13-14(12)22-16(17)20-13/h4-7,9,18H,3,8H2,1-2H3,(H2,17,20). The lowest BCUT2D eigenvalue weighted by atomic mass is 10.0. The number of nitrogens with zero attached hydrogens (tertiary/aromatic N) is 2. The Balaban J connectivity index is 2.10. The van der Waals surface area contributed by atoms with Gasteiger partial charge in [0.1, 0.15) is 5.52 Å². The van der Waals surface area contributed by atoms with Crippen LogP contribution in [0.3, 0.4) is 0 Å². The fraction of sp³-hybridized carbons (Fsp3) is 0.250. The molecule has 0 aliphatic rings. The maximum Gasteiger partial charge on any atom is 0.241 e. The molecule has 0 atom stereocenters. The van der Waals surface area contributed by atoms with Crippen molar-refractivity contribution in [3.8, 4) is 17.0 Å². The van der Waals surface area contributed by atoms with Gasteiger partial charge in [-0.05, 0) is 23.7 Å². The summed E-state index contributed by atoms with van der Waals surface area (Å²) < 4.78 is 6.28. The molecule has 0 spiro atoms. The number of fused-ring (bicyclic) bond motifs is 1. The van der Waals surface area contributed by atoms with Crippen molar-refractivity contribution in [2.45, 2.75) is 13.5 Å². The minimum atomic E-state index is 0.510. The van der Waals surface area contributed by atoms with E-state index in [9.17, 15) is 0 Å². The number of hydrogen-bond donors (Lipinski definition) is 2. The molecule has 0 saturated heterocycles. The first-order chi connectivity index (χ1) is 10.7. The van der Waals surface area contributed by atoms with Crippen LogP contribution in [0.25, 0.3) is 21.3 Å². The van der Waals surface area contributed by atoms with Crippen LogP contribution in [0.4, 0.5) is 5.13 Å². The monoisotopic (exact) mass is 314 g/mol. The van der Waals surface area contributed by atoms with Gasteiger partial charge in [-0.2, -0.15) is 0 Å². The van der Waals surface area contributed by atoms with Crippen LogP contribution in [0, 0.1) is 0 Å². The third-order valence-electron chi connectivity index (χ3n) is 3.41. The van der Waals surface area contributed by atoms with Crippen molar-refractivity contribution < 1.29 is 4.74 Å². The number of ether oxygens (including phenoxy) is 1. The van der Waals surface area contributed by atoms with Gasteiger partial charge in [-0.1, -0.05) is 36.5 Å². The number of benzene rings is 1. The van der Waals surface area contributed by atoms with Gasteiger partial charge in [-0.25, -0.2) is 9.97 Å². The van der Waals surface area contributed by atoms with Crippen LogP contribution >= 0.6 is 11.3 Å². The number of methoxy groups -OCH3 is 1. The normalized spacial score (nSPS) is 11.0. The van der Waals surface area contributed by atoms with Gasteiger partial charge in [0.2, 0.25) is 5.88 Å². The molecule has 2 heterocycles. The van der Waals surface area contributed by atoms with Crippen molar-refractivity contribution in [2.75, 3.05) is 19.4 Å². The average Bonchev–Trinajstić information content (AvgIpc) is 2.93. The highest BCUT2D eigenvalue weighted by Crippen LogP contribution is 2.37. The second-order valence-corrected chi connectivity index (χ2v) is 5.92. The van der Waals surface area contributed by atoms with Crippen LogP contribution in [0.15, 0.2) is 30.5 Å². The van der Waals surface area contributed by atoms with Crippen molar-refractivity contribution in [3.05, 3.63) is 36.0 Å².